The SMILES string of the molecule is N#Cc1ccc(NC(=O)C2CCCNC2)cc1.O=CO. The lowest BCUT2D eigenvalue weighted by Gasteiger charge is -2.21. The van der Waals surface area contributed by atoms with Crippen LogP contribution in [0.1, 0.15) is 18.4 Å². The molecule has 6 heteroatoms. The van der Waals surface area contributed by atoms with Crippen LogP contribution in [0.25, 0.3) is 0 Å². The molecule has 1 heterocycles. The van der Waals surface area contributed by atoms with Crippen LogP contribution in [0.3, 0.4) is 0 Å². The van der Waals surface area contributed by atoms with Gasteiger partial charge >= 0.3 is 0 Å². The number of hydrogen-bond donors (Lipinski definition) is 3. The van der Waals surface area contributed by atoms with Crippen LogP contribution in [0, 0.1) is 17.2 Å². The first kappa shape index (κ1) is 15.7. The summed E-state index contributed by atoms with van der Waals surface area (Å²) >= 11 is 0. The van der Waals surface area contributed by atoms with Crippen molar-refractivity contribution in [3.8, 4) is 6.07 Å². The van der Waals surface area contributed by atoms with Crippen LogP contribution in [-0.4, -0.2) is 30.6 Å². The Kier molecular flexibility index (Phi) is 6.79. The molecule has 1 fully saturated rings. The van der Waals surface area contributed by atoms with E-state index in [0.29, 0.717) is 5.56 Å². The fourth-order valence-corrected chi connectivity index (χ4v) is 1.95. The summed E-state index contributed by atoms with van der Waals surface area (Å²) < 4.78 is 0. The van der Waals surface area contributed by atoms with Gasteiger partial charge in [0.25, 0.3) is 6.47 Å². The number of benzene rings is 1. The first-order valence-corrected chi connectivity index (χ1v) is 6.31. The first-order chi connectivity index (χ1) is 9.71. The Morgan fingerprint density at radius 2 is 2.10 bits per heavy atom. The minimum atomic E-state index is -0.250. The second-order valence-corrected chi connectivity index (χ2v) is 4.33. The van der Waals surface area contributed by atoms with Gasteiger partial charge in [-0.3, -0.25) is 9.59 Å². The van der Waals surface area contributed by atoms with E-state index in [1.54, 1.807) is 24.3 Å². The molecule has 1 unspecified atom stereocenters. The van der Waals surface area contributed by atoms with Gasteiger partial charge in [-0.1, -0.05) is 0 Å². The fourth-order valence-electron chi connectivity index (χ4n) is 1.95. The third kappa shape index (κ3) is 5.08. The lowest BCUT2D eigenvalue weighted by atomic mass is 9.99. The highest BCUT2D eigenvalue weighted by atomic mass is 16.3. The topological polar surface area (TPSA) is 102 Å². The molecule has 0 bridgehead atoms. The average molecular weight is 275 g/mol. The first-order valence-electron chi connectivity index (χ1n) is 6.31. The smallest absolute Gasteiger partial charge is 0.290 e. The van der Waals surface area contributed by atoms with Crippen LogP contribution in [-0.2, 0) is 9.59 Å². The summed E-state index contributed by atoms with van der Waals surface area (Å²) in [6.45, 7) is 1.50. The zero-order chi connectivity index (χ0) is 14.8. The summed E-state index contributed by atoms with van der Waals surface area (Å²) in [7, 11) is 0. The van der Waals surface area contributed by atoms with Gasteiger partial charge in [-0.15, -0.1) is 0 Å². The highest BCUT2D eigenvalue weighted by Gasteiger charge is 2.20. The molecule has 1 aliphatic rings. The molecule has 0 spiro atoms. The molecule has 0 aliphatic carbocycles. The fraction of sp³-hybridized carbons (Fsp3) is 0.357. The minimum Gasteiger partial charge on any atom is -0.483 e. The van der Waals surface area contributed by atoms with Crippen LogP contribution < -0.4 is 10.6 Å². The van der Waals surface area contributed by atoms with Gasteiger partial charge < -0.3 is 15.7 Å². The van der Waals surface area contributed by atoms with E-state index in [0.717, 1.165) is 31.6 Å². The monoisotopic (exact) mass is 275 g/mol. The van der Waals surface area contributed by atoms with Crippen molar-refractivity contribution in [2.24, 2.45) is 5.92 Å². The molecule has 1 aromatic rings. The molecule has 1 amide bonds. The summed E-state index contributed by atoms with van der Waals surface area (Å²) in [4.78, 5) is 20.3. The molecule has 1 aromatic carbocycles. The zero-order valence-corrected chi connectivity index (χ0v) is 11.0. The third-order valence-electron chi connectivity index (χ3n) is 2.95. The lowest BCUT2D eigenvalue weighted by molar-refractivity contribution is -0.123. The van der Waals surface area contributed by atoms with Crippen molar-refractivity contribution in [3.05, 3.63) is 29.8 Å². The number of nitrogens with one attached hydrogen (secondary N) is 2. The van der Waals surface area contributed by atoms with Crippen LogP contribution >= 0.6 is 0 Å². The number of nitrogens with zero attached hydrogens (tertiary/aromatic N) is 1. The molecule has 1 aliphatic heterocycles. The normalized spacial score (nSPS) is 17.1. The number of anilines is 1. The van der Waals surface area contributed by atoms with Gasteiger partial charge in [-0.2, -0.15) is 5.26 Å². The Bertz CT molecular complexity index is 473. The number of rotatable bonds is 2. The second-order valence-electron chi connectivity index (χ2n) is 4.33. The summed E-state index contributed by atoms with van der Waals surface area (Å²) in [5.41, 5.74) is 1.35. The molecular formula is C14H17N3O3. The number of carboxylic acid groups (broad SMARTS) is 1. The summed E-state index contributed by atoms with van der Waals surface area (Å²) in [6.07, 6.45) is 1.99. The molecule has 1 atom stereocenters. The molecule has 0 saturated carbocycles. The van der Waals surface area contributed by atoms with E-state index in [4.69, 9.17) is 15.2 Å². The molecule has 6 nitrogen and oxygen atoms in total. The predicted molar refractivity (Wildman–Crippen MR) is 74.1 cm³/mol. The van der Waals surface area contributed by atoms with Gasteiger partial charge in [0.05, 0.1) is 17.6 Å². The maximum absolute atomic E-state index is 11.9. The van der Waals surface area contributed by atoms with E-state index in [9.17, 15) is 4.79 Å². The Morgan fingerprint density at radius 3 is 2.60 bits per heavy atom. The van der Waals surface area contributed by atoms with Crippen LogP contribution in [0.2, 0.25) is 0 Å². The Balaban J connectivity index is 0.000000612. The van der Waals surface area contributed by atoms with E-state index in [1.165, 1.54) is 0 Å². The van der Waals surface area contributed by atoms with Crippen molar-refractivity contribution in [3.63, 3.8) is 0 Å². The predicted octanol–water partition coefficient (Wildman–Crippen LogP) is 1.20. The van der Waals surface area contributed by atoms with E-state index in [2.05, 4.69) is 10.6 Å². The average Bonchev–Trinajstić information content (AvgIpc) is 2.50. The van der Waals surface area contributed by atoms with E-state index in [-0.39, 0.29) is 18.3 Å². The molecule has 20 heavy (non-hydrogen) atoms. The number of carbonyl (C=O) groups is 2. The molecule has 0 radical (unpaired) electrons. The zero-order valence-electron chi connectivity index (χ0n) is 11.0. The standard InChI is InChI=1S/C13H15N3O.CH2O2/c14-8-10-3-5-12(6-4-10)16-13(17)11-2-1-7-15-9-11;2-1-3/h3-6,11,15H,1-2,7,9H2,(H,16,17);1H,(H,2,3). The maximum Gasteiger partial charge on any atom is 0.290 e. The molecule has 106 valence electrons. The van der Waals surface area contributed by atoms with Crippen LogP contribution in [0.4, 0.5) is 5.69 Å². The minimum absolute atomic E-state index is 0.0550. The molecule has 0 aromatic heterocycles. The number of nitriles is 1. The van der Waals surface area contributed by atoms with E-state index < -0.39 is 0 Å². The molecular weight excluding hydrogens is 258 g/mol. The Labute approximate surface area is 117 Å². The van der Waals surface area contributed by atoms with Crippen LogP contribution in [0.15, 0.2) is 24.3 Å². The van der Waals surface area contributed by atoms with Crippen molar-refractivity contribution < 1.29 is 14.7 Å². The van der Waals surface area contributed by atoms with E-state index >= 15 is 0 Å². The van der Waals surface area contributed by atoms with Gasteiger partial charge in [-0.25, -0.2) is 0 Å². The number of amides is 1. The Morgan fingerprint density at radius 1 is 1.45 bits per heavy atom. The Hall–Kier alpha value is -2.39. The van der Waals surface area contributed by atoms with E-state index in [1.807, 2.05) is 6.07 Å². The van der Waals surface area contributed by atoms with Crippen molar-refractivity contribution in [2.75, 3.05) is 18.4 Å². The third-order valence-corrected chi connectivity index (χ3v) is 2.95. The van der Waals surface area contributed by atoms with Crippen molar-refractivity contribution in [1.29, 1.82) is 5.26 Å². The number of carbonyl (C=O) groups excluding carboxylic acids is 1. The lowest BCUT2D eigenvalue weighted by Crippen LogP contribution is -2.37. The van der Waals surface area contributed by atoms with Gasteiger partial charge in [-0.05, 0) is 43.7 Å². The van der Waals surface area contributed by atoms with Gasteiger partial charge in [0.2, 0.25) is 5.91 Å². The van der Waals surface area contributed by atoms with Crippen molar-refractivity contribution in [2.45, 2.75) is 12.8 Å². The summed E-state index contributed by atoms with van der Waals surface area (Å²) in [5.74, 6) is 0.112. The van der Waals surface area contributed by atoms with Crippen molar-refractivity contribution >= 4 is 18.1 Å². The van der Waals surface area contributed by atoms with Gasteiger partial charge in [0, 0.05) is 12.2 Å². The number of hydrogen-bond acceptors (Lipinski definition) is 4. The second kappa shape index (κ2) is 8.67. The molecule has 3 N–H and O–H groups in total. The quantitative estimate of drug-likeness (QED) is 0.704. The summed E-state index contributed by atoms with van der Waals surface area (Å²) in [6, 6.07) is 8.97. The number of piperidine rings is 1. The maximum atomic E-state index is 11.9. The van der Waals surface area contributed by atoms with Gasteiger partial charge in [0.15, 0.2) is 0 Å². The molecule has 2 rings (SSSR count). The largest absolute Gasteiger partial charge is 0.483 e. The van der Waals surface area contributed by atoms with Gasteiger partial charge in [0.1, 0.15) is 0 Å². The highest BCUT2D eigenvalue weighted by Crippen LogP contribution is 2.14. The highest BCUT2D eigenvalue weighted by molar-refractivity contribution is 5.92. The molecule has 1 saturated heterocycles. The van der Waals surface area contributed by atoms with Crippen molar-refractivity contribution in [1.82, 2.24) is 5.32 Å². The summed E-state index contributed by atoms with van der Waals surface area (Å²) in [5, 5.41) is 21.6. The van der Waals surface area contributed by atoms with Crippen LogP contribution in [0.5, 0.6) is 0 Å².